The van der Waals surface area contributed by atoms with E-state index in [1.54, 1.807) is 18.2 Å². The Morgan fingerprint density at radius 1 is 1.00 bits per heavy atom. The summed E-state index contributed by atoms with van der Waals surface area (Å²) in [5.74, 6) is 0.324. The number of hydrogen-bond donors (Lipinski definition) is 1. The van der Waals surface area contributed by atoms with Gasteiger partial charge in [0, 0.05) is 11.5 Å². The van der Waals surface area contributed by atoms with E-state index in [0.29, 0.717) is 17.9 Å². The van der Waals surface area contributed by atoms with Gasteiger partial charge in [-0.1, -0.05) is 42.5 Å². The van der Waals surface area contributed by atoms with E-state index in [1.165, 1.54) is 6.07 Å². The summed E-state index contributed by atoms with van der Waals surface area (Å²) in [4.78, 5) is 4.06. The fourth-order valence-electron chi connectivity index (χ4n) is 2.38. The Labute approximate surface area is 139 Å². The first-order valence-corrected chi connectivity index (χ1v) is 7.69. The number of nitrogens with zero attached hydrogens (tertiary/aromatic N) is 1. The van der Waals surface area contributed by atoms with E-state index in [4.69, 9.17) is 9.47 Å². The molecule has 124 valence electrons. The molecule has 1 N–H and O–H groups in total. The van der Waals surface area contributed by atoms with Crippen molar-refractivity contribution in [1.82, 2.24) is 4.98 Å². The van der Waals surface area contributed by atoms with Gasteiger partial charge in [-0.15, -0.1) is 0 Å². The number of fused-ring (bicyclic) bond motifs is 1. The smallest absolute Gasteiger partial charge is 0.211 e. The molecule has 0 radical (unpaired) electrons. The van der Waals surface area contributed by atoms with E-state index >= 15 is 0 Å². The summed E-state index contributed by atoms with van der Waals surface area (Å²) in [5.41, 5.74) is 1.52. The molecule has 0 saturated heterocycles. The molecule has 0 amide bonds. The van der Waals surface area contributed by atoms with Gasteiger partial charge in [0.1, 0.15) is 17.9 Å². The third kappa shape index (κ3) is 4.00. The highest BCUT2D eigenvalue weighted by atomic mass is 19.1. The van der Waals surface area contributed by atoms with Crippen LogP contribution in [0.5, 0.6) is 11.6 Å². The average molecular weight is 327 g/mol. The SMILES string of the molecule is Oc1ccc2cccc(OC(CF)COCc3ccccc3)c2n1. The lowest BCUT2D eigenvalue weighted by molar-refractivity contribution is 0.0303. The summed E-state index contributed by atoms with van der Waals surface area (Å²) >= 11 is 0. The molecular weight excluding hydrogens is 309 g/mol. The molecule has 1 heterocycles. The lowest BCUT2D eigenvalue weighted by atomic mass is 10.2. The standard InChI is InChI=1S/C19H18FNO3/c20-11-16(13-23-12-14-5-2-1-3-6-14)24-17-8-4-7-15-9-10-18(22)21-19(15)17/h1-10,16H,11-13H2,(H,21,22). The predicted molar refractivity (Wildman–Crippen MR) is 89.9 cm³/mol. The molecule has 0 fully saturated rings. The molecule has 4 nitrogen and oxygen atoms in total. The van der Waals surface area contributed by atoms with Gasteiger partial charge in [-0.05, 0) is 17.7 Å². The number of alkyl halides is 1. The van der Waals surface area contributed by atoms with Gasteiger partial charge in [0.25, 0.3) is 0 Å². The van der Waals surface area contributed by atoms with Crippen molar-refractivity contribution in [2.75, 3.05) is 13.3 Å². The van der Waals surface area contributed by atoms with Gasteiger partial charge < -0.3 is 14.6 Å². The molecule has 0 saturated carbocycles. The van der Waals surface area contributed by atoms with Gasteiger partial charge in [0.2, 0.25) is 5.88 Å². The van der Waals surface area contributed by atoms with Crippen molar-refractivity contribution < 1.29 is 19.0 Å². The first-order chi connectivity index (χ1) is 11.8. The number of hydrogen-bond acceptors (Lipinski definition) is 4. The van der Waals surface area contributed by atoms with Crippen LogP contribution in [-0.4, -0.2) is 29.5 Å². The fraction of sp³-hybridized carbons (Fsp3) is 0.211. The van der Waals surface area contributed by atoms with E-state index < -0.39 is 12.8 Å². The number of rotatable bonds is 7. The van der Waals surface area contributed by atoms with Crippen LogP contribution >= 0.6 is 0 Å². The Balaban J connectivity index is 1.66. The Morgan fingerprint density at radius 3 is 2.62 bits per heavy atom. The largest absolute Gasteiger partial charge is 0.493 e. The summed E-state index contributed by atoms with van der Waals surface area (Å²) in [7, 11) is 0. The molecule has 0 spiro atoms. The summed E-state index contributed by atoms with van der Waals surface area (Å²) in [6.45, 7) is -0.153. The van der Waals surface area contributed by atoms with Crippen LogP contribution in [0.25, 0.3) is 10.9 Å². The minimum atomic E-state index is -0.733. The Bertz CT molecular complexity index is 795. The van der Waals surface area contributed by atoms with Crippen LogP contribution in [-0.2, 0) is 11.3 Å². The van der Waals surface area contributed by atoms with Crippen LogP contribution in [0, 0.1) is 0 Å². The zero-order valence-electron chi connectivity index (χ0n) is 13.1. The number of halogens is 1. The maximum atomic E-state index is 13.3. The molecule has 0 aliphatic heterocycles. The summed E-state index contributed by atoms with van der Waals surface area (Å²) in [5, 5.41) is 10.4. The number of benzene rings is 2. The average Bonchev–Trinajstić information content (AvgIpc) is 2.62. The second-order valence-electron chi connectivity index (χ2n) is 5.39. The molecule has 1 unspecified atom stereocenters. The molecule has 3 aromatic rings. The van der Waals surface area contributed by atoms with Crippen LogP contribution in [0.15, 0.2) is 60.7 Å². The highest BCUT2D eigenvalue weighted by Crippen LogP contribution is 2.26. The third-order valence-electron chi connectivity index (χ3n) is 3.55. The Morgan fingerprint density at radius 2 is 1.83 bits per heavy atom. The molecule has 0 bridgehead atoms. The maximum absolute atomic E-state index is 13.3. The number of pyridine rings is 1. The zero-order chi connectivity index (χ0) is 16.8. The number of aromatic nitrogens is 1. The summed E-state index contributed by atoms with van der Waals surface area (Å²) < 4.78 is 24.5. The van der Waals surface area contributed by atoms with Gasteiger partial charge in [-0.2, -0.15) is 0 Å². The van der Waals surface area contributed by atoms with Crippen molar-refractivity contribution in [1.29, 1.82) is 0 Å². The molecule has 1 aromatic heterocycles. The lowest BCUT2D eigenvalue weighted by Crippen LogP contribution is -2.25. The third-order valence-corrected chi connectivity index (χ3v) is 3.55. The Kier molecular flexibility index (Phi) is 5.23. The van der Waals surface area contributed by atoms with Crippen LogP contribution in [0.1, 0.15) is 5.56 Å². The van der Waals surface area contributed by atoms with Crippen LogP contribution in [0.3, 0.4) is 0 Å². The molecule has 5 heteroatoms. The topological polar surface area (TPSA) is 51.6 Å². The maximum Gasteiger partial charge on any atom is 0.211 e. The minimum absolute atomic E-state index is 0.101. The molecule has 24 heavy (non-hydrogen) atoms. The number of ether oxygens (including phenoxy) is 2. The monoisotopic (exact) mass is 327 g/mol. The first-order valence-electron chi connectivity index (χ1n) is 7.69. The molecule has 0 aliphatic rings. The molecule has 3 rings (SSSR count). The van der Waals surface area contributed by atoms with Gasteiger partial charge in [0.15, 0.2) is 6.10 Å². The highest BCUT2D eigenvalue weighted by molar-refractivity contribution is 5.84. The van der Waals surface area contributed by atoms with E-state index in [2.05, 4.69) is 4.98 Å². The lowest BCUT2D eigenvalue weighted by Gasteiger charge is -2.17. The second-order valence-corrected chi connectivity index (χ2v) is 5.39. The summed E-state index contributed by atoms with van der Waals surface area (Å²) in [6, 6.07) is 18.3. The van der Waals surface area contributed by atoms with E-state index in [1.807, 2.05) is 36.4 Å². The van der Waals surface area contributed by atoms with Crippen LogP contribution < -0.4 is 4.74 Å². The van der Waals surface area contributed by atoms with Crippen molar-refractivity contribution in [3.63, 3.8) is 0 Å². The van der Waals surface area contributed by atoms with Crippen LogP contribution in [0.2, 0.25) is 0 Å². The highest BCUT2D eigenvalue weighted by Gasteiger charge is 2.14. The number of aromatic hydroxyl groups is 1. The van der Waals surface area contributed by atoms with Crippen molar-refractivity contribution in [2.24, 2.45) is 0 Å². The normalized spacial score (nSPS) is 12.2. The molecule has 2 aromatic carbocycles. The van der Waals surface area contributed by atoms with Gasteiger partial charge in [-0.25, -0.2) is 9.37 Å². The van der Waals surface area contributed by atoms with Crippen molar-refractivity contribution in [3.8, 4) is 11.6 Å². The zero-order valence-corrected chi connectivity index (χ0v) is 13.1. The fourth-order valence-corrected chi connectivity index (χ4v) is 2.38. The number of para-hydroxylation sites is 1. The van der Waals surface area contributed by atoms with E-state index in [0.717, 1.165) is 10.9 Å². The molecular formula is C19H18FNO3. The Hall–Kier alpha value is -2.66. The quantitative estimate of drug-likeness (QED) is 0.715. The molecule has 1 atom stereocenters. The van der Waals surface area contributed by atoms with E-state index in [-0.39, 0.29) is 12.5 Å². The molecule has 0 aliphatic carbocycles. The van der Waals surface area contributed by atoms with Gasteiger partial charge >= 0.3 is 0 Å². The van der Waals surface area contributed by atoms with Gasteiger partial charge in [-0.3, -0.25) is 0 Å². The summed E-state index contributed by atoms with van der Waals surface area (Å²) in [6.07, 6.45) is -0.733. The van der Waals surface area contributed by atoms with Crippen molar-refractivity contribution >= 4 is 10.9 Å². The second kappa shape index (κ2) is 7.75. The van der Waals surface area contributed by atoms with Gasteiger partial charge in [0.05, 0.1) is 13.2 Å². The van der Waals surface area contributed by atoms with Crippen molar-refractivity contribution in [3.05, 3.63) is 66.2 Å². The van der Waals surface area contributed by atoms with E-state index in [9.17, 15) is 9.50 Å². The predicted octanol–water partition coefficient (Wildman–Crippen LogP) is 3.87. The minimum Gasteiger partial charge on any atom is -0.493 e. The van der Waals surface area contributed by atoms with Crippen molar-refractivity contribution in [2.45, 2.75) is 12.7 Å². The van der Waals surface area contributed by atoms with Crippen LogP contribution in [0.4, 0.5) is 4.39 Å². The first kappa shape index (κ1) is 16.2.